The van der Waals surface area contributed by atoms with Crippen LogP contribution in [0.2, 0.25) is 5.22 Å². The molecular weight excluding hydrogens is 415 g/mol. The number of fused-ring (bicyclic) bond motifs is 1. The number of alkyl carbamates (subject to hydrolysis) is 1. The van der Waals surface area contributed by atoms with Crippen molar-refractivity contribution in [2.24, 2.45) is 0 Å². The van der Waals surface area contributed by atoms with Gasteiger partial charge in [0, 0.05) is 24.1 Å². The average molecular weight is 441 g/mol. The molecule has 2 atom stereocenters. The molecule has 3 rings (SSSR count). The number of amides is 2. The molecule has 164 valence electrons. The number of likely N-dealkylation sites (tertiary alicyclic amines) is 1. The van der Waals surface area contributed by atoms with E-state index < -0.39 is 29.8 Å². The van der Waals surface area contributed by atoms with Gasteiger partial charge in [0.25, 0.3) is 5.91 Å². The minimum atomic E-state index is -1.27. The van der Waals surface area contributed by atoms with E-state index in [1.54, 1.807) is 39.8 Å². The Kier molecular flexibility index (Phi) is 6.17. The zero-order valence-corrected chi connectivity index (χ0v) is 18.4. The second-order valence-electron chi connectivity index (χ2n) is 8.44. The summed E-state index contributed by atoms with van der Waals surface area (Å²) < 4.78 is 30.5. The van der Waals surface area contributed by atoms with Gasteiger partial charge in [-0.2, -0.15) is 0 Å². The molecule has 0 radical (unpaired) electrons. The smallest absolute Gasteiger partial charge is 0.407 e. The van der Waals surface area contributed by atoms with E-state index >= 15 is 0 Å². The molecule has 2 aromatic rings. The van der Waals surface area contributed by atoms with Crippen LogP contribution in [0.5, 0.6) is 5.75 Å². The molecule has 9 heteroatoms. The summed E-state index contributed by atoms with van der Waals surface area (Å²) in [6.45, 7) is 7.12. The normalized spacial score (nSPS) is 19.6. The molecule has 1 aliphatic rings. The Morgan fingerprint density at radius 2 is 2.00 bits per heavy atom. The number of ether oxygens (including phenoxy) is 2. The lowest BCUT2D eigenvalue weighted by molar-refractivity contribution is 0.0394. The van der Waals surface area contributed by atoms with Gasteiger partial charge < -0.3 is 24.1 Å². The Balaban J connectivity index is 1.81. The summed E-state index contributed by atoms with van der Waals surface area (Å²) in [5.74, 6) is 0.0555. The molecule has 1 N–H and O–H groups in total. The molecule has 30 heavy (non-hydrogen) atoms. The lowest BCUT2D eigenvalue weighted by Crippen LogP contribution is -2.54. The molecule has 1 aliphatic heterocycles. The van der Waals surface area contributed by atoms with Gasteiger partial charge in [-0.3, -0.25) is 4.79 Å². The molecule has 0 unspecified atom stereocenters. The van der Waals surface area contributed by atoms with Gasteiger partial charge in [-0.1, -0.05) is 0 Å². The molecule has 0 spiro atoms. The van der Waals surface area contributed by atoms with Gasteiger partial charge in [-0.05, 0) is 51.4 Å². The Hall–Kier alpha value is -2.48. The van der Waals surface area contributed by atoms with Gasteiger partial charge in [0.05, 0.1) is 25.1 Å². The van der Waals surface area contributed by atoms with Crippen LogP contribution in [0.25, 0.3) is 11.0 Å². The molecule has 1 saturated heterocycles. The van der Waals surface area contributed by atoms with Crippen molar-refractivity contribution < 1.29 is 27.9 Å². The summed E-state index contributed by atoms with van der Waals surface area (Å²) >= 11 is 6.07. The molecule has 1 fully saturated rings. The summed E-state index contributed by atoms with van der Waals surface area (Å²) in [5, 5.41) is 3.55. The van der Waals surface area contributed by atoms with E-state index in [4.69, 9.17) is 25.5 Å². The molecule has 2 heterocycles. The highest BCUT2D eigenvalue weighted by Gasteiger charge is 2.33. The number of hydrogen-bond acceptors (Lipinski definition) is 5. The SMILES string of the molecule is COc1cc(C(=O)N2C[C@H](F)C[C@@H](NC(=O)OC(C)(C)C)C2)cc2oc(Cl)c(C)c12. The van der Waals surface area contributed by atoms with E-state index in [9.17, 15) is 14.0 Å². The minimum absolute atomic E-state index is 0.0659. The molecule has 7 nitrogen and oxygen atoms in total. The number of methoxy groups -OCH3 is 1. The number of carbonyl (C=O) groups is 2. The summed E-state index contributed by atoms with van der Waals surface area (Å²) in [5.41, 5.74) is 0.746. The van der Waals surface area contributed by atoms with Gasteiger partial charge in [0.15, 0.2) is 5.22 Å². The number of furan rings is 1. The zero-order valence-electron chi connectivity index (χ0n) is 17.7. The van der Waals surface area contributed by atoms with Crippen molar-refractivity contribution in [3.8, 4) is 5.75 Å². The third-order valence-electron chi connectivity index (χ3n) is 4.81. The molecule has 2 amide bonds. The molecule has 1 aromatic heterocycles. The van der Waals surface area contributed by atoms with Crippen LogP contribution >= 0.6 is 11.6 Å². The lowest BCUT2D eigenvalue weighted by Gasteiger charge is -2.35. The Bertz CT molecular complexity index is 968. The Morgan fingerprint density at radius 1 is 1.30 bits per heavy atom. The second kappa shape index (κ2) is 8.34. The fourth-order valence-electron chi connectivity index (χ4n) is 3.56. The first-order valence-corrected chi connectivity index (χ1v) is 10.1. The number of nitrogens with one attached hydrogen (secondary N) is 1. The first kappa shape index (κ1) is 22.2. The summed E-state index contributed by atoms with van der Waals surface area (Å²) in [6, 6.07) is 2.59. The van der Waals surface area contributed by atoms with E-state index in [1.807, 2.05) is 0 Å². The van der Waals surface area contributed by atoms with Gasteiger partial charge in [0.1, 0.15) is 23.1 Å². The quantitative estimate of drug-likeness (QED) is 0.761. The number of piperidine rings is 1. The third-order valence-corrected chi connectivity index (χ3v) is 5.17. The van der Waals surface area contributed by atoms with Crippen LogP contribution < -0.4 is 10.1 Å². The van der Waals surface area contributed by atoms with Crippen molar-refractivity contribution in [1.82, 2.24) is 10.2 Å². The Morgan fingerprint density at radius 3 is 2.63 bits per heavy atom. The number of carbonyl (C=O) groups excluding carboxylic acids is 2. The van der Waals surface area contributed by atoms with Crippen LogP contribution in [0.3, 0.4) is 0 Å². The van der Waals surface area contributed by atoms with E-state index in [0.717, 1.165) is 0 Å². The highest BCUT2D eigenvalue weighted by molar-refractivity contribution is 6.31. The minimum Gasteiger partial charge on any atom is -0.496 e. The maximum absolute atomic E-state index is 14.4. The molecule has 1 aromatic carbocycles. The van der Waals surface area contributed by atoms with Crippen molar-refractivity contribution in [2.45, 2.75) is 51.9 Å². The topological polar surface area (TPSA) is 81.0 Å². The Labute approximate surface area is 179 Å². The molecule has 0 saturated carbocycles. The standard InChI is InChI=1S/C21H26ClFN2O5/c1-11-17-15(28-5)6-12(7-16(17)29-18(11)22)19(26)25-9-13(23)8-14(10-25)24-20(27)30-21(2,3)4/h6-7,13-14H,8-10H2,1-5H3,(H,24,27)/t13-,14-/m1/s1. The van der Waals surface area contributed by atoms with Crippen molar-refractivity contribution >= 4 is 34.6 Å². The van der Waals surface area contributed by atoms with Gasteiger partial charge in [-0.25, -0.2) is 9.18 Å². The zero-order chi connectivity index (χ0) is 22.2. The van der Waals surface area contributed by atoms with E-state index in [-0.39, 0.29) is 30.3 Å². The van der Waals surface area contributed by atoms with Crippen LogP contribution in [-0.4, -0.2) is 54.9 Å². The lowest BCUT2D eigenvalue weighted by atomic mass is 10.0. The average Bonchev–Trinajstić information content (AvgIpc) is 2.92. The van der Waals surface area contributed by atoms with Crippen LogP contribution in [0.1, 0.15) is 43.1 Å². The van der Waals surface area contributed by atoms with Gasteiger partial charge in [0.2, 0.25) is 0 Å². The summed E-state index contributed by atoms with van der Waals surface area (Å²) in [7, 11) is 1.49. The number of halogens is 2. The highest BCUT2D eigenvalue weighted by atomic mass is 35.5. The number of rotatable bonds is 3. The second-order valence-corrected chi connectivity index (χ2v) is 8.78. The van der Waals surface area contributed by atoms with Gasteiger partial charge in [-0.15, -0.1) is 0 Å². The predicted molar refractivity (Wildman–Crippen MR) is 111 cm³/mol. The number of aryl methyl sites for hydroxylation is 1. The van der Waals surface area contributed by atoms with Crippen molar-refractivity contribution in [1.29, 1.82) is 0 Å². The van der Waals surface area contributed by atoms with E-state index in [2.05, 4.69) is 5.32 Å². The largest absolute Gasteiger partial charge is 0.496 e. The van der Waals surface area contributed by atoms with Crippen molar-refractivity contribution in [3.05, 3.63) is 28.5 Å². The number of alkyl halides is 1. The first-order chi connectivity index (χ1) is 14.0. The number of nitrogens with zero attached hydrogens (tertiary/aromatic N) is 1. The van der Waals surface area contributed by atoms with Crippen LogP contribution in [0.15, 0.2) is 16.5 Å². The maximum Gasteiger partial charge on any atom is 0.407 e. The van der Waals surface area contributed by atoms with Gasteiger partial charge >= 0.3 is 6.09 Å². The van der Waals surface area contributed by atoms with Crippen LogP contribution in [-0.2, 0) is 4.74 Å². The molecular formula is C21H26ClFN2O5. The fraction of sp³-hybridized carbons (Fsp3) is 0.524. The maximum atomic E-state index is 14.4. The van der Waals surface area contributed by atoms with Crippen molar-refractivity contribution in [2.75, 3.05) is 20.2 Å². The molecule has 0 bridgehead atoms. The predicted octanol–water partition coefficient (Wildman–Crippen LogP) is 4.48. The summed E-state index contributed by atoms with van der Waals surface area (Å²) in [6.07, 6.45) is -1.80. The third kappa shape index (κ3) is 4.80. The number of benzene rings is 1. The monoisotopic (exact) mass is 440 g/mol. The van der Waals surface area contributed by atoms with Crippen LogP contribution in [0.4, 0.5) is 9.18 Å². The first-order valence-electron chi connectivity index (χ1n) is 9.68. The van der Waals surface area contributed by atoms with E-state index in [1.165, 1.54) is 12.0 Å². The molecule has 0 aliphatic carbocycles. The summed E-state index contributed by atoms with van der Waals surface area (Å²) in [4.78, 5) is 26.5. The van der Waals surface area contributed by atoms with E-state index in [0.29, 0.717) is 22.3 Å². The van der Waals surface area contributed by atoms with Crippen LogP contribution in [0, 0.1) is 6.92 Å². The fourth-order valence-corrected chi connectivity index (χ4v) is 3.74. The van der Waals surface area contributed by atoms with Crippen molar-refractivity contribution in [3.63, 3.8) is 0 Å². The highest BCUT2D eigenvalue weighted by Crippen LogP contribution is 2.37. The number of hydrogen-bond donors (Lipinski definition) is 1.